The van der Waals surface area contributed by atoms with Gasteiger partial charge in [-0.3, -0.25) is 0 Å². The largest absolute Gasteiger partial charge is 0.347 e. The molecule has 0 bridgehead atoms. The quantitative estimate of drug-likeness (QED) is 0.688. The smallest absolute Gasteiger partial charge is 0.319 e. The van der Waals surface area contributed by atoms with Crippen molar-refractivity contribution in [2.45, 2.75) is 25.9 Å². The van der Waals surface area contributed by atoms with E-state index in [4.69, 9.17) is 5.73 Å². The maximum absolute atomic E-state index is 11.8. The fourth-order valence-electron chi connectivity index (χ4n) is 1.82. The molecule has 0 radical (unpaired) electrons. The maximum atomic E-state index is 11.8. The Hall–Kier alpha value is -2.34. The molecule has 0 aliphatic rings. The third-order valence-electron chi connectivity index (χ3n) is 2.97. The average Bonchev–Trinajstić information content (AvgIpc) is 2.93. The summed E-state index contributed by atoms with van der Waals surface area (Å²) < 4.78 is 0. The second kappa shape index (κ2) is 6.21. The van der Waals surface area contributed by atoms with Gasteiger partial charge in [0.25, 0.3) is 0 Å². The number of amides is 2. The summed E-state index contributed by atoms with van der Waals surface area (Å²) in [7, 11) is 0. The second-order valence-corrected chi connectivity index (χ2v) is 4.71. The SMILES string of the molecule is CC(N)c1ccc(NC(=O)NC(C)c2ncc[nH]2)cc1. The lowest BCUT2D eigenvalue weighted by molar-refractivity contribution is 0.249. The Bertz CT molecular complexity index is 547. The molecule has 2 atom stereocenters. The van der Waals surface area contributed by atoms with Crippen LogP contribution in [0, 0.1) is 0 Å². The van der Waals surface area contributed by atoms with Crippen molar-refractivity contribution in [2.24, 2.45) is 5.73 Å². The summed E-state index contributed by atoms with van der Waals surface area (Å²) >= 11 is 0. The van der Waals surface area contributed by atoms with Gasteiger partial charge >= 0.3 is 6.03 Å². The highest BCUT2D eigenvalue weighted by molar-refractivity contribution is 5.89. The Kier molecular flexibility index (Phi) is 4.37. The number of benzene rings is 1. The van der Waals surface area contributed by atoms with Gasteiger partial charge in [0.15, 0.2) is 0 Å². The number of nitrogens with zero attached hydrogens (tertiary/aromatic N) is 1. The Balaban J connectivity index is 1.91. The van der Waals surface area contributed by atoms with E-state index in [0.717, 1.165) is 11.3 Å². The Labute approximate surface area is 117 Å². The molecule has 0 spiro atoms. The molecule has 20 heavy (non-hydrogen) atoms. The first-order chi connectivity index (χ1) is 9.56. The number of H-pyrrole nitrogens is 1. The number of urea groups is 1. The van der Waals surface area contributed by atoms with Crippen molar-refractivity contribution in [2.75, 3.05) is 5.32 Å². The second-order valence-electron chi connectivity index (χ2n) is 4.71. The van der Waals surface area contributed by atoms with Crippen molar-refractivity contribution in [1.29, 1.82) is 0 Å². The van der Waals surface area contributed by atoms with E-state index in [0.29, 0.717) is 5.82 Å². The first-order valence-corrected chi connectivity index (χ1v) is 6.48. The van der Waals surface area contributed by atoms with E-state index in [1.807, 2.05) is 38.1 Å². The molecule has 5 N–H and O–H groups in total. The summed E-state index contributed by atoms with van der Waals surface area (Å²) in [5, 5.41) is 5.57. The van der Waals surface area contributed by atoms with Gasteiger partial charge in [-0.15, -0.1) is 0 Å². The monoisotopic (exact) mass is 273 g/mol. The predicted molar refractivity (Wildman–Crippen MR) is 78.2 cm³/mol. The van der Waals surface area contributed by atoms with Gasteiger partial charge in [-0.25, -0.2) is 9.78 Å². The molecular formula is C14H19N5O. The molecule has 0 fully saturated rings. The van der Waals surface area contributed by atoms with Crippen molar-refractivity contribution >= 4 is 11.7 Å². The zero-order chi connectivity index (χ0) is 14.5. The standard InChI is InChI=1S/C14H19N5O/c1-9(15)11-3-5-12(6-4-11)19-14(20)18-10(2)13-16-7-8-17-13/h3-10H,15H2,1-2H3,(H,16,17)(H2,18,19,20). The van der Waals surface area contributed by atoms with Crippen LogP contribution in [0.2, 0.25) is 0 Å². The number of aromatic amines is 1. The highest BCUT2D eigenvalue weighted by Gasteiger charge is 2.11. The molecule has 1 heterocycles. The van der Waals surface area contributed by atoms with Crippen LogP contribution in [0.4, 0.5) is 10.5 Å². The van der Waals surface area contributed by atoms with Crippen LogP contribution < -0.4 is 16.4 Å². The number of hydrogen-bond acceptors (Lipinski definition) is 3. The molecule has 2 rings (SSSR count). The minimum absolute atomic E-state index is 0.0168. The third kappa shape index (κ3) is 3.58. The molecule has 106 valence electrons. The molecule has 2 amide bonds. The van der Waals surface area contributed by atoms with Gasteiger partial charge in [-0.1, -0.05) is 12.1 Å². The molecule has 0 aliphatic heterocycles. The third-order valence-corrected chi connectivity index (χ3v) is 2.97. The van der Waals surface area contributed by atoms with Crippen molar-refractivity contribution < 1.29 is 4.79 Å². The number of rotatable bonds is 4. The number of aromatic nitrogens is 2. The molecule has 6 nitrogen and oxygen atoms in total. The van der Waals surface area contributed by atoms with Crippen LogP contribution in [0.15, 0.2) is 36.7 Å². The van der Waals surface area contributed by atoms with Crippen LogP contribution >= 0.6 is 0 Å². The van der Waals surface area contributed by atoms with Gasteiger partial charge in [-0.2, -0.15) is 0 Å². The number of anilines is 1. The zero-order valence-electron chi connectivity index (χ0n) is 11.6. The molecule has 2 aromatic rings. The van der Waals surface area contributed by atoms with E-state index < -0.39 is 0 Å². The van der Waals surface area contributed by atoms with E-state index in [1.165, 1.54) is 0 Å². The van der Waals surface area contributed by atoms with Crippen LogP contribution in [-0.2, 0) is 0 Å². The molecule has 0 saturated heterocycles. The van der Waals surface area contributed by atoms with Gasteiger partial charge in [0.05, 0.1) is 6.04 Å². The van der Waals surface area contributed by atoms with E-state index in [9.17, 15) is 4.79 Å². The summed E-state index contributed by atoms with van der Waals surface area (Å²) in [5.41, 5.74) is 7.52. The van der Waals surface area contributed by atoms with Crippen LogP contribution in [-0.4, -0.2) is 16.0 Å². The summed E-state index contributed by atoms with van der Waals surface area (Å²) in [6.45, 7) is 3.78. The van der Waals surface area contributed by atoms with Crippen molar-refractivity contribution in [3.8, 4) is 0 Å². The lowest BCUT2D eigenvalue weighted by Gasteiger charge is -2.13. The van der Waals surface area contributed by atoms with Gasteiger partial charge < -0.3 is 21.4 Å². The normalized spacial score (nSPS) is 13.6. The van der Waals surface area contributed by atoms with E-state index >= 15 is 0 Å². The van der Waals surface area contributed by atoms with E-state index in [1.54, 1.807) is 12.4 Å². The number of carbonyl (C=O) groups is 1. The highest BCUT2D eigenvalue weighted by Crippen LogP contribution is 2.14. The fraction of sp³-hybridized carbons (Fsp3) is 0.286. The van der Waals surface area contributed by atoms with Gasteiger partial charge in [0.1, 0.15) is 5.82 Å². The average molecular weight is 273 g/mol. The Morgan fingerprint density at radius 2 is 2.00 bits per heavy atom. The Morgan fingerprint density at radius 1 is 1.30 bits per heavy atom. The number of hydrogen-bond donors (Lipinski definition) is 4. The summed E-state index contributed by atoms with van der Waals surface area (Å²) in [6.07, 6.45) is 3.37. The molecular weight excluding hydrogens is 254 g/mol. The fourth-order valence-corrected chi connectivity index (χ4v) is 1.82. The highest BCUT2D eigenvalue weighted by atomic mass is 16.2. The number of nitrogens with one attached hydrogen (secondary N) is 3. The van der Waals surface area contributed by atoms with Gasteiger partial charge in [-0.05, 0) is 31.5 Å². The van der Waals surface area contributed by atoms with Crippen LogP contribution in [0.1, 0.15) is 37.3 Å². The van der Waals surface area contributed by atoms with E-state index in [2.05, 4.69) is 20.6 Å². The predicted octanol–water partition coefficient (Wildman–Crippen LogP) is 2.31. The van der Waals surface area contributed by atoms with Crippen molar-refractivity contribution in [3.05, 3.63) is 48.0 Å². The van der Waals surface area contributed by atoms with Crippen molar-refractivity contribution in [1.82, 2.24) is 15.3 Å². The van der Waals surface area contributed by atoms with Gasteiger partial charge in [0.2, 0.25) is 0 Å². The molecule has 1 aromatic heterocycles. The summed E-state index contributed by atoms with van der Waals surface area (Å²) in [6, 6.07) is 6.98. The molecule has 6 heteroatoms. The van der Waals surface area contributed by atoms with Crippen molar-refractivity contribution in [3.63, 3.8) is 0 Å². The lowest BCUT2D eigenvalue weighted by Crippen LogP contribution is -2.31. The van der Waals surface area contributed by atoms with Gasteiger partial charge in [0, 0.05) is 24.1 Å². The summed E-state index contributed by atoms with van der Waals surface area (Å²) in [4.78, 5) is 18.9. The zero-order valence-corrected chi connectivity index (χ0v) is 11.6. The lowest BCUT2D eigenvalue weighted by atomic mass is 10.1. The number of carbonyl (C=O) groups excluding carboxylic acids is 1. The number of nitrogens with two attached hydrogens (primary N) is 1. The number of imidazole rings is 1. The van der Waals surface area contributed by atoms with Crippen LogP contribution in [0.5, 0.6) is 0 Å². The first kappa shape index (κ1) is 14.1. The topological polar surface area (TPSA) is 95.8 Å². The van der Waals surface area contributed by atoms with Crippen LogP contribution in [0.3, 0.4) is 0 Å². The Morgan fingerprint density at radius 3 is 2.55 bits per heavy atom. The minimum atomic E-state index is -0.276. The molecule has 0 saturated carbocycles. The van der Waals surface area contributed by atoms with Crippen LogP contribution in [0.25, 0.3) is 0 Å². The minimum Gasteiger partial charge on any atom is -0.347 e. The van der Waals surface area contributed by atoms with E-state index in [-0.39, 0.29) is 18.1 Å². The molecule has 1 aromatic carbocycles. The molecule has 2 unspecified atom stereocenters. The maximum Gasteiger partial charge on any atom is 0.319 e. The summed E-state index contributed by atoms with van der Waals surface area (Å²) in [5.74, 6) is 0.715. The first-order valence-electron chi connectivity index (χ1n) is 6.48. The molecule has 0 aliphatic carbocycles.